The molecule has 4 nitrogen and oxygen atoms in total. The van der Waals surface area contributed by atoms with Crippen LogP contribution in [0.2, 0.25) is 0 Å². The Hall–Kier alpha value is -0.610. The smallest absolute Gasteiger partial charge is 0.237 e. The van der Waals surface area contributed by atoms with Gasteiger partial charge in [0.05, 0.1) is 6.04 Å². The molecule has 0 spiro atoms. The van der Waals surface area contributed by atoms with E-state index in [0.29, 0.717) is 5.92 Å². The fourth-order valence-corrected chi connectivity index (χ4v) is 3.40. The van der Waals surface area contributed by atoms with Crippen molar-refractivity contribution in [3.05, 3.63) is 0 Å². The van der Waals surface area contributed by atoms with Gasteiger partial charge in [-0.25, -0.2) is 0 Å². The van der Waals surface area contributed by atoms with E-state index in [1.807, 2.05) is 14.1 Å². The van der Waals surface area contributed by atoms with E-state index in [1.165, 1.54) is 19.3 Å². The van der Waals surface area contributed by atoms with Crippen LogP contribution in [-0.2, 0) is 4.79 Å². The maximum Gasteiger partial charge on any atom is 0.237 e. The monoisotopic (exact) mass is 239 g/mol. The third-order valence-electron chi connectivity index (χ3n) is 4.06. The molecule has 4 unspecified atom stereocenters. The molecule has 2 N–H and O–H groups in total. The van der Waals surface area contributed by atoms with E-state index in [0.717, 1.165) is 19.0 Å². The zero-order valence-electron chi connectivity index (χ0n) is 11.2. The zero-order chi connectivity index (χ0) is 12.4. The van der Waals surface area contributed by atoms with Gasteiger partial charge in [-0.15, -0.1) is 0 Å². The Balaban J connectivity index is 1.83. The maximum atomic E-state index is 12.2. The SMILES string of the molecule is CC(CN(C)C)NC(=O)C1NCC2CCCC21. The molecule has 1 heterocycles. The zero-order valence-corrected chi connectivity index (χ0v) is 11.2. The molecule has 98 valence electrons. The lowest BCUT2D eigenvalue weighted by Gasteiger charge is -2.23. The number of amides is 1. The van der Waals surface area contributed by atoms with E-state index < -0.39 is 0 Å². The number of nitrogens with zero attached hydrogens (tertiary/aromatic N) is 1. The standard InChI is InChI=1S/C13H25N3O/c1-9(8-16(2)3)15-13(17)12-11-6-4-5-10(11)7-14-12/h9-12,14H,4-8H2,1-3H3,(H,15,17). The molecule has 1 saturated carbocycles. The summed E-state index contributed by atoms with van der Waals surface area (Å²) in [4.78, 5) is 14.3. The normalized spacial score (nSPS) is 33.8. The molecule has 2 aliphatic rings. The first-order valence-corrected chi connectivity index (χ1v) is 6.76. The predicted molar refractivity (Wildman–Crippen MR) is 68.8 cm³/mol. The first kappa shape index (κ1) is 12.8. The van der Waals surface area contributed by atoms with Gasteiger partial charge in [0.15, 0.2) is 0 Å². The summed E-state index contributed by atoms with van der Waals surface area (Å²) in [6, 6.07) is 0.284. The van der Waals surface area contributed by atoms with E-state index in [4.69, 9.17) is 0 Å². The molecule has 4 heteroatoms. The first-order valence-electron chi connectivity index (χ1n) is 6.76. The molecule has 1 aliphatic heterocycles. The van der Waals surface area contributed by atoms with Gasteiger partial charge in [0.25, 0.3) is 0 Å². The Bertz CT molecular complexity index is 280. The summed E-state index contributed by atoms with van der Waals surface area (Å²) < 4.78 is 0. The molecule has 0 aromatic carbocycles. The highest BCUT2D eigenvalue weighted by molar-refractivity contribution is 5.82. The molecule has 4 atom stereocenters. The van der Waals surface area contributed by atoms with Gasteiger partial charge in [0.2, 0.25) is 5.91 Å². The Morgan fingerprint density at radius 2 is 2.24 bits per heavy atom. The Labute approximate surface area is 104 Å². The highest BCUT2D eigenvalue weighted by Crippen LogP contribution is 2.37. The quantitative estimate of drug-likeness (QED) is 0.748. The minimum Gasteiger partial charge on any atom is -0.351 e. The second-order valence-corrected chi connectivity index (χ2v) is 5.91. The first-order chi connectivity index (χ1) is 8.08. The summed E-state index contributed by atoms with van der Waals surface area (Å²) in [6.07, 6.45) is 3.82. The molecule has 2 fully saturated rings. The van der Waals surface area contributed by atoms with Crippen molar-refractivity contribution in [2.75, 3.05) is 27.2 Å². The van der Waals surface area contributed by atoms with Crippen molar-refractivity contribution in [3.63, 3.8) is 0 Å². The van der Waals surface area contributed by atoms with E-state index >= 15 is 0 Å². The van der Waals surface area contributed by atoms with Crippen molar-refractivity contribution in [1.82, 2.24) is 15.5 Å². The van der Waals surface area contributed by atoms with Crippen molar-refractivity contribution in [2.24, 2.45) is 11.8 Å². The van der Waals surface area contributed by atoms with E-state index in [1.54, 1.807) is 0 Å². The number of hydrogen-bond acceptors (Lipinski definition) is 3. The van der Waals surface area contributed by atoms with E-state index in [-0.39, 0.29) is 18.0 Å². The van der Waals surface area contributed by atoms with Gasteiger partial charge >= 0.3 is 0 Å². The summed E-state index contributed by atoms with van der Waals surface area (Å²) in [5.74, 6) is 1.53. The Morgan fingerprint density at radius 1 is 1.47 bits per heavy atom. The summed E-state index contributed by atoms with van der Waals surface area (Å²) in [5, 5.41) is 6.51. The van der Waals surface area contributed by atoms with Crippen LogP contribution in [0.4, 0.5) is 0 Å². The lowest BCUT2D eigenvalue weighted by molar-refractivity contribution is -0.124. The number of hydrogen-bond donors (Lipinski definition) is 2. The summed E-state index contributed by atoms with van der Waals surface area (Å²) >= 11 is 0. The van der Waals surface area contributed by atoms with Gasteiger partial charge in [0.1, 0.15) is 0 Å². The average Bonchev–Trinajstić information content (AvgIpc) is 2.74. The highest BCUT2D eigenvalue weighted by Gasteiger charge is 2.42. The molecule has 2 rings (SSSR count). The van der Waals surface area contributed by atoms with Gasteiger partial charge in [-0.05, 0) is 52.2 Å². The number of carbonyl (C=O) groups is 1. The topological polar surface area (TPSA) is 44.4 Å². The summed E-state index contributed by atoms with van der Waals surface area (Å²) in [6.45, 7) is 4.00. The molecule has 0 bridgehead atoms. The minimum absolute atomic E-state index is 0.0621. The van der Waals surface area contributed by atoms with Gasteiger partial charge in [-0.2, -0.15) is 0 Å². The van der Waals surface area contributed by atoms with Crippen molar-refractivity contribution in [2.45, 2.75) is 38.3 Å². The van der Waals surface area contributed by atoms with Crippen LogP contribution in [0.3, 0.4) is 0 Å². The summed E-state index contributed by atoms with van der Waals surface area (Å²) in [5.41, 5.74) is 0. The third-order valence-corrected chi connectivity index (χ3v) is 4.06. The molecule has 1 aliphatic carbocycles. The summed E-state index contributed by atoms with van der Waals surface area (Å²) in [7, 11) is 4.06. The van der Waals surface area contributed by atoms with Gasteiger partial charge in [-0.3, -0.25) is 4.79 Å². The van der Waals surface area contributed by atoms with Crippen LogP contribution in [0.1, 0.15) is 26.2 Å². The van der Waals surface area contributed by atoms with Crippen LogP contribution in [-0.4, -0.2) is 50.1 Å². The number of likely N-dealkylation sites (N-methyl/N-ethyl adjacent to an activating group) is 1. The fourth-order valence-electron chi connectivity index (χ4n) is 3.40. The molecule has 1 saturated heterocycles. The molecule has 0 aromatic rings. The van der Waals surface area contributed by atoms with Crippen molar-refractivity contribution in [3.8, 4) is 0 Å². The second kappa shape index (κ2) is 5.36. The van der Waals surface area contributed by atoms with Crippen LogP contribution in [0, 0.1) is 11.8 Å². The Kier molecular flexibility index (Phi) is 4.05. The lowest BCUT2D eigenvalue weighted by Crippen LogP contribution is -2.49. The van der Waals surface area contributed by atoms with Gasteiger partial charge in [-0.1, -0.05) is 6.42 Å². The van der Waals surface area contributed by atoms with E-state index in [9.17, 15) is 4.79 Å². The van der Waals surface area contributed by atoms with Crippen LogP contribution >= 0.6 is 0 Å². The molecular formula is C13H25N3O. The van der Waals surface area contributed by atoms with Gasteiger partial charge in [0, 0.05) is 12.6 Å². The second-order valence-electron chi connectivity index (χ2n) is 5.91. The number of rotatable bonds is 4. The maximum absolute atomic E-state index is 12.2. The molecule has 17 heavy (non-hydrogen) atoms. The van der Waals surface area contributed by atoms with Crippen LogP contribution in [0.15, 0.2) is 0 Å². The van der Waals surface area contributed by atoms with Crippen LogP contribution in [0.5, 0.6) is 0 Å². The van der Waals surface area contributed by atoms with Crippen molar-refractivity contribution in [1.29, 1.82) is 0 Å². The largest absolute Gasteiger partial charge is 0.351 e. The van der Waals surface area contributed by atoms with Crippen molar-refractivity contribution >= 4 is 5.91 Å². The van der Waals surface area contributed by atoms with Crippen molar-refractivity contribution < 1.29 is 4.79 Å². The van der Waals surface area contributed by atoms with Crippen LogP contribution in [0.25, 0.3) is 0 Å². The number of carbonyl (C=O) groups excluding carboxylic acids is 1. The van der Waals surface area contributed by atoms with E-state index in [2.05, 4.69) is 22.5 Å². The minimum atomic E-state index is 0.0621. The molecule has 1 amide bonds. The Morgan fingerprint density at radius 3 is 2.94 bits per heavy atom. The highest BCUT2D eigenvalue weighted by atomic mass is 16.2. The lowest BCUT2D eigenvalue weighted by atomic mass is 9.93. The van der Waals surface area contributed by atoms with Crippen LogP contribution < -0.4 is 10.6 Å². The predicted octanol–water partition coefficient (Wildman–Crippen LogP) is 0.441. The molecular weight excluding hydrogens is 214 g/mol. The fraction of sp³-hybridized carbons (Fsp3) is 0.923. The molecule has 0 aromatic heterocycles. The number of fused-ring (bicyclic) bond motifs is 1. The third kappa shape index (κ3) is 2.99. The molecule has 0 radical (unpaired) electrons. The van der Waals surface area contributed by atoms with Gasteiger partial charge < -0.3 is 15.5 Å². The number of nitrogens with one attached hydrogen (secondary N) is 2. The average molecular weight is 239 g/mol.